The summed E-state index contributed by atoms with van der Waals surface area (Å²) in [7, 11) is 3.23. The zero-order valence-corrected chi connectivity index (χ0v) is 22.2. The molecule has 9 nitrogen and oxygen atoms in total. The maximum atomic E-state index is 13.3. The molecule has 0 aliphatic carbocycles. The molecule has 39 heavy (non-hydrogen) atoms. The van der Waals surface area contributed by atoms with Crippen LogP contribution in [0.2, 0.25) is 0 Å². The first-order valence-corrected chi connectivity index (χ1v) is 13.3. The third-order valence-electron chi connectivity index (χ3n) is 8.16. The highest BCUT2D eigenvalue weighted by Crippen LogP contribution is 2.36. The molecule has 1 aromatic heterocycles. The number of fused-ring (bicyclic) bond motifs is 5. The molecule has 3 aliphatic heterocycles. The number of carbonyl (C=O) groups excluding carboxylic acids is 2. The number of nitrogens with zero attached hydrogens (tertiary/aromatic N) is 3. The van der Waals surface area contributed by atoms with Crippen LogP contribution in [-0.4, -0.2) is 60.2 Å². The highest BCUT2D eigenvalue weighted by atomic mass is 16.5. The van der Waals surface area contributed by atoms with E-state index in [0.717, 1.165) is 29.7 Å². The summed E-state index contributed by atoms with van der Waals surface area (Å²) in [4.78, 5) is 42.3. The smallest absolute Gasteiger partial charge is 0.321 e. The molecule has 4 heterocycles. The molecule has 9 heteroatoms. The van der Waals surface area contributed by atoms with Crippen molar-refractivity contribution in [2.75, 3.05) is 39.2 Å². The molecule has 3 amide bonds. The van der Waals surface area contributed by atoms with Gasteiger partial charge in [-0.3, -0.25) is 9.59 Å². The molecule has 0 radical (unpaired) electrons. The summed E-state index contributed by atoms with van der Waals surface area (Å²) in [6.45, 7) is 2.96. The van der Waals surface area contributed by atoms with Crippen molar-refractivity contribution in [1.29, 1.82) is 0 Å². The fourth-order valence-electron chi connectivity index (χ4n) is 6.20. The van der Waals surface area contributed by atoms with E-state index in [4.69, 9.17) is 9.47 Å². The molecule has 1 N–H and O–H groups in total. The van der Waals surface area contributed by atoms with Gasteiger partial charge in [0.05, 0.1) is 14.2 Å². The minimum absolute atomic E-state index is 0.0310. The van der Waals surface area contributed by atoms with Crippen LogP contribution in [0.3, 0.4) is 0 Å². The number of amides is 3. The Hall–Kier alpha value is -4.27. The van der Waals surface area contributed by atoms with Gasteiger partial charge in [0, 0.05) is 61.7 Å². The average molecular weight is 529 g/mol. The molecule has 3 aromatic rings. The van der Waals surface area contributed by atoms with Crippen molar-refractivity contribution in [3.63, 3.8) is 0 Å². The van der Waals surface area contributed by atoms with E-state index in [0.29, 0.717) is 55.5 Å². The van der Waals surface area contributed by atoms with E-state index >= 15 is 0 Å². The van der Waals surface area contributed by atoms with E-state index in [9.17, 15) is 14.4 Å². The van der Waals surface area contributed by atoms with E-state index < -0.39 is 0 Å². The topological polar surface area (TPSA) is 93.1 Å². The Morgan fingerprint density at radius 1 is 0.897 bits per heavy atom. The van der Waals surface area contributed by atoms with Crippen LogP contribution in [-0.2, 0) is 19.5 Å². The number of urea groups is 1. The van der Waals surface area contributed by atoms with Crippen LogP contribution >= 0.6 is 0 Å². The van der Waals surface area contributed by atoms with Crippen LogP contribution in [0, 0.1) is 5.92 Å². The third-order valence-corrected chi connectivity index (χ3v) is 8.16. The molecule has 2 bridgehead atoms. The van der Waals surface area contributed by atoms with E-state index in [1.54, 1.807) is 50.6 Å². The predicted octanol–water partition coefficient (Wildman–Crippen LogP) is 3.72. The number of carbonyl (C=O) groups is 2. The van der Waals surface area contributed by atoms with Crippen LogP contribution in [0.5, 0.6) is 11.5 Å². The van der Waals surface area contributed by atoms with Gasteiger partial charge in [-0.15, -0.1) is 0 Å². The Bertz CT molecular complexity index is 1480. The zero-order chi connectivity index (χ0) is 27.1. The predicted molar refractivity (Wildman–Crippen MR) is 147 cm³/mol. The van der Waals surface area contributed by atoms with Gasteiger partial charge in [0.25, 0.3) is 11.5 Å². The molecule has 0 saturated carbocycles. The molecule has 2 atom stereocenters. The number of ether oxygens (including phenoxy) is 2. The van der Waals surface area contributed by atoms with E-state index in [2.05, 4.69) is 5.32 Å². The lowest BCUT2D eigenvalue weighted by atomic mass is 9.83. The summed E-state index contributed by atoms with van der Waals surface area (Å²) in [5, 5.41) is 2.99. The SMILES string of the molecule is COc1cc2c(cc1OC)CN(C(=O)c1ccc(NC(=O)N3C[C@@H]4C[C@H](C3)c3cccc(=O)n3C4)cc1)CC2. The van der Waals surface area contributed by atoms with Crippen LogP contribution in [0.15, 0.2) is 59.4 Å². The fourth-order valence-corrected chi connectivity index (χ4v) is 6.20. The number of piperidine rings is 1. The van der Waals surface area contributed by atoms with Gasteiger partial charge < -0.3 is 29.2 Å². The standard InChI is InChI=1S/C30H32N4O5/c1-38-26-13-21-10-11-32(17-22(21)14-27(26)39-2)29(36)20-6-8-24(9-7-20)31-30(37)33-15-19-12-23(18-33)25-4-3-5-28(35)34(25)16-19/h3-9,13-14,19,23H,10-12,15-18H2,1-2H3,(H,31,37)/t19-,23+/m0/s1. The Morgan fingerprint density at radius 3 is 2.38 bits per heavy atom. The van der Waals surface area contributed by atoms with Crippen LogP contribution < -0.4 is 20.3 Å². The number of likely N-dealkylation sites (tertiary alicyclic amines) is 1. The molecule has 6 rings (SSSR count). The summed E-state index contributed by atoms with van der Waals surface area (Å²) >= 11 is 0. The Kier molecular flexibility index (Phi) is 6.50. The molecule has 1 fully saturated rings. The fraction of sp³-hybridized carbons (Fsp3) is 0.367. The van der Waals surface area contributed by atoms with Crippen molar-refractivity contribution in [2.24, 2.45) is 5.92 Å². The summed E-state index contributed by atoms with van der Waals surface area (Å²) in [5.74, 6) is 1.72. The molecular weight excluding hydrogens is 496 g/mol. The van der Waals surface area contributed by atoms with Crippen molar-refractivity contribution < 1.29 is 19.1 Å². The van der Waals surface area contributed by atoms with Crippen molar-refractivity contribution in [3.05, 3.63) is 87.3 Å². The summed E-state index contributed by atoms with van der Waals surface area (Å²) in [6.07, 6.45) is 1.73. The monoisotopic (exact) mass is 528 g/mol. The Morgan fingerprint density at radius 2 is 1.64 bits per heavy atom. The van der Waals surface area contributed by atoms with Crippen LogP contribution in [0.1, 0.15) is 39.5 Å². The van der Waals surface area contributed by atoms with E-state index in [1.165, 1.54) is 0 Å². The van der Waals surface area contributed by atoms with Gasteiger partial charge in [-0.25, -0.2) is 4.79 Å². The molecule has 2 aromatic carbocycles. The van der Waals surface area contributed by atoms with Gasteiger partial charge in [0.2, 0.25) is 0 Å². The quantitative estimate of drug-likeness (QED) is 0.557. The lowest BCUT2D eigenvalue weighted by Gasteiger charge is -2.42. The normalized spacial score (nSPS) is 19.5. The number of aromatic nitrogens is 1. The Labute approximate surface area is 226 Å². The summed E-state index contributed by atoms with van der Waals surface area (Å²) in [6, 6.07) is 16.2. The Balaban J connectivity index is 1.10. The number of rotatable bonds is 4. The number of nitrogens with one attached hydrogen (secondary N) is 1. The number of benzene rings is 2. The zero-order valence-electron chi connectivity index (χ0n) is 22.2. The minimum Gasteiger partial charge on any atom is -0.493 e. The van der Waals surface area contributed by atoms with Crippen molar-refractivity contribution in [3.8, 4) is 11.5 Å². The molecule has 0 unspecified atom stereocenters. The number of pyridine rings is 1. The summed E-state index contributed by atoms with van der Waals surface area (Å²) < 4.78 is 12.7. The van der Waals surface area contributed by atoms with Crippen molar-refractivity contribution in [2.45, 2.75) is 31.8 Å². The first kappa shape index (κ1) is 25.0. The van der Waals surface area contributed by atoms with Crippen molar-refractivity contribution in [1.82, 2.24) is 14.4 Å². The highest BCUT2D eigenvalue weighted by molar-refractivity contribution is 5.95. The van der Waals surface area contributed by atoms with Gasteiger partial charge in [0.1, 0.15) is 0 Å². The van der Waals surface area contributed by atoms with E-state index in [1.807, 2.05) is 32.6 Å². The maximum absolute atomic E-state index is 13.3. The van der Waals surface area contributed by atoms with Crippen LogP contribution in [0.25, 0.3) is 0 Å². The molecule has 202 valence electrons. The minimum atomic E-state index is -0.160. The summed E-state index contributed by atoms with van der Waals surface area (Å²) in [5.41, 5.74) is 4.47. The lowest BCUT2D eigenvalue weighted by molar-refractivity contribution is 0.0734. The second-order valence-corrected chi connectivity index (χ2v) is 10.6. The first-order chi connectivity index (χ1) is 18.9. The maximum Gasteiger partial charge on any atom is 0.321 e. The van der Waals surface area contributed by atoms with Gasteiger partial charge in [-0.1, -0.05) is 6.07 Å². The second kappa shape index (κ2) is 10.1. The van der Waals surface area contributed by atoms with E-state index in [-0.39, 0.29) is 29.3 Å². The molecule has 1 saturated heterocycles. The number of anilines is 1. The highest BCUT2D eigenvalue weighted by Gasteiger charge is 2.36. The average Bonchev–Trinajstić information content (AvgIpc) is 2.96. The first-order valence-electron chi connectivity index (χ1n) is 13.3. The lowest BCUT2D eigenvalue weighted by Crippen LogP contribution is -2.50. The van der Waals surface area contributed by atoms with Crippen molar-refractivity contribution >= 4 is 17.6 Å². The molecule has 3 aliphatic rings. The second-order valence-electron chi connectivity index (χ2n) is 10.6. The largest absolute Gasteiger partial charge is 0.493 e. The third kappa shape index (κ3) is 4.73. The van der Waals surface area contributed by atoms with Gasteiger partial charge in [-0.2, -0.15) is 0 Å². The van der Waals surface area contributed by atoms with Crippen LogP contribution in [0.4, 0.5) is 10.5 Å². The van der Waals surface area contributed by atoms with Gasteiger partial charge in [-0.05, 0) is 72.4 Å². The molecular formula is C30H32N4O5. The number of methoxy groups -OCH3 is 2. The number of hydrogen-bond donors (Lipinski definition) is 1. The van der Waals surface area contributed by atoms with Gasteiger partial charge >= 0.3 is 6.03 Å². The number of hydrogen-bond acceptors (Lipinski definition) is 5. The van der Waals surface area contributed by atoms with Gasteiger partial charge in [0.15, 0.2) is 11.5 Å². The molecule has 0 spiro atoms.